The molecule has 0 aliphatic carbocycles. The van der Waals surface area contributed by atoms with E-state index in [-0.39, 0.29) is 24.5 Å². The Labute approximate surface area is 154 Å². The molecule has 0 aromatic heterocycles. The number of carbonyl (C=O) groups excluding carboxylic acids is 3. The molecule has 7 nitrogen and oxygen atoms in total. The van der Waals surface area contributed by atoms with E-state index in [1.165, 1.54) is 0 Å². The Balaban J connectivity index is 1.66. The molecule has 1 fully saturated rings. The van der Waals surface area contributed by atoms with Crippen molar-refractivity contribution in [1.82, 2.24) is 15.5 Å². The van der Waals surface area contributed by atoms with Gasteiger partial charge in [-0.05, 0) is 44.7 Å². The zero-order chi connectivity index (χ0) is 18.9. The van der Waals surface area contributed by atoms with Gasteiger partial charge in [-0.15, -0.1) is 0 Å². The van der Waals surface area contributed by atoms with Crippen molar-refractivity contribution < 1.29 is 19.1 Å². The van der Waals surface area contributed by atoms with Crippen LogP contribution in [0.25, 0.3) is 0 Å². The van der Waals surface area contributed by atoms with Crippen molar-refractivity contribution in [3.8, 4) is 5.75 Å². The van der Waals surface area contributed by atoms with E-state index in [9.17, 15) is 14.4 Å². The molecule has 0 saturated carbocycles. The summed E-state index contributed by atoms with van der Waals surface area (Å²) in [4.78, 5) is 37.3. The second kappa shape index (κ2) is 9.79. The summed E-state index contributed by atoms with van der Waals surface area (Å²) >= 11 is 0. The monoisotopic (exact) mass is 361 g/mol. The van der Waals surface area contributed by atoms with Gasteiger partial charge >= 0.3 is 11.8 Å². The third-order valence-electron chi connectivity index (χ3n) is 4.25. The van der Waals surface area contributed by atoms with E-state index in [0.717, 1.165) is 12.8 Å². The van der Waals surface area contributed by atoms with Gasteiger partial charge in [-0.25, -0.2) is 0 Å². The summed E-state index contributed by atoms with van der Waals surface area (Å²) < 4.78 is 5.49. The fraction of sp³-hybridized carbons (Fsp3) is 0.526. The van der Waals surface area contributed by atoms with E-state index >= 15 is 0 Å². The summed E-state index contributed by atoms with van der Waals surface area (Å²) in [5.74, 6) is -0.296. The van der Waals surface area contributed by atoms with Gasteiger partial charge in [0.2, 0.25) is 0 Å². The number of amides is 3. The quantitative estimate of drug-likeness (QED) is 0.739. The number of hydrogen-bond acceptors (Lipinski definition) is 4. The molecule has 1 aromatic carbocycles. The van der Waals surface area contributed by atoms with Gasteiger partial charge in [-0.2, -0.15) is 0 Å². The van der Waals surface area contributed by atoms with E-state index in [1.54, 1.807) is 18.7 Å². The lowest BCUT2D eigenvalue weighted by Gasteiger charge is -2.32. The van der Waals surface area contributed by atoms with Crippen molar-refractivity contribution in [1.29, 1.82) is 0 Å². The lowest BCUT2D eigenvalue weighted by Crippen LogP contribution is -2.46. The van der Waals surface area contributed by atoms with Gasteiger partial charge in [0.15, 0.2) is 6.61 Å². The molecule has 0 radical (unpaired) electrons. The first kappa shape index (κ1) is 19.8. The van der Waals surface area contributed by atoms with Crippen molar-refractivity contribution in [3.63, 3.8) is 0 Å². The summed E-state index contributed by atoms with van der Waals surface area (Å²) in [5.41, 5.74) is 0. The average Bonchev–Trinajstić information content (AvgIpc) is 2.64. The molecule has 3 amide bonds. The van der Waals surface area contributed by atoms with Gasteiger partial charge < -0.3 is 20.3 Å². The number of piperidine rings is 1. The van der Waals surface area contributed by atoms with E-state index < -0.39 is 11.8 Å². The molecule has 2 rings (SSSR count). The molecule has 1 aliphatic heterocycles. The minimum absolute atomic E-state index is 0.0286. The number of nitrogens with zero attached hydrogens (tertiary/aromatic N) is 1. The third-order valence-corrected chi connectivity index (χ3v) is 4.25. The SMILES string of the molecule is CC(C)NC(=O)C(=O)NCC1CCN(C(=O)COc2ccccc2)CC1. The molecule has 1 aliphatic rings. The largest absolute Gasteiger partial charge is 0.484 e. The Morgan fingerprint density at radius 2 is 1.77 bits per heavy atom. The minimum Gasteiger partial charge on any atom is -0.484 e. The van der Waals surface area contributed by atoms with Crippen molar-refractivity contribution in [2.45, 2.75) is 32.7 Å². The van der Waals surface area contributed by atoms with Crippen LogP contribution >= 0.6 is 0 Å². The predicted molar refractivity (Wildman–Crippen MR) is 97.5 cm³/mol. The Kier molecular flexibility index (Phi) is 7.44. The highest BCUT2D eigenvalue weighted by molar-refractivity contribution is 6.35. The van der Waals surface area contributed by atoms with Gasteiger partial charge in [0.05, 0.1) is 0 Å². The number of hydrogen-bond donors (Lipinski definition) is 2. The summed E-state index contributed by atoms with van der Waals surface area (Å²) in [6.45, 7) is 5.36. The lowest BCUT2D eigenvalue weighted by molar-refractivity contribution is -0.139. The van der Waals surface area contributed by atoms with Crippen LogP contribution in [0.5, 0.6) is 5.75 Å². The van der Waals surface area contributed by atoms with Crippen LogP contribution in [0.4, 0.5) is 0 Å². The standard InChI is InChI=1S/C19H27N3O4/c1-14(2)21-19(25)18(24)20-12-15-8-10-22(11-9-15)17(23)13-26-16-6-4-3-5-7-16/h3-7,14-15H,8-13H2,1-2H3,(H,20,24)(H,21,25). The maximum absolute atomic E-state index is 12.2. The van der Waals surface area contributed by atoms with Crippen molar-refractivity contribution in [3.05, 3.63) is 30.3 Å². The zero-order valence-electron chi connectivity index (χ0n) is 15.4. The molecule has 7 heteroatoms. The number of ether oxygens (including phenoxy) is 1. The number of likely N-dealkylation sites (tertiary alicyclic amines) is 1. The van der Waals surface area contributed by atoms with Crippen LogP contribution in [0.1, 0.15) is 26.7 Å². The average molecular weight is 361 g/mol. The smallest absolute Gasteiger partial charge is 0.309 e. The van der Waals surface area contributed by atoms with E-state index in [1.807, 2.05) is 30.3 Å². The molecule has 0 spiro atoms. The van der Waals surface area contributed by atoms with Crippen LogP contribution in [0, 0.1) is 5.92 Å². The van der Waals surface area contributed by atoms with E-state index in [2.05, 4.69) is 10.6 Å². The fourth-order valence-electron chi connectivity index (χ4n) is 2.78. The van der Waals surface area contributed by atoms with Gasteiger partial charge in [-0.3, -0.25) is 14.4 Å². The predicted octanol–water partition coefficient (Wildman–Crippen LogP) is 0.945. The number of nitrogens with one attached hydrogen (secondary N) is 2. The topological polar surface area (TPSA) is 87.7 Å². The maximum atomic E-state index is 12.2. The highest BCUT2D eigenvalue weighted by Gasteiger charge is 2.24. The van der Waals surface area contributed by atoms with Crippen molar-refractivity contribution in [2.75, 3.05) is 26.2 Å². The molecule has 0 atom stereocenters. The molecule has 0 unspecified atom stereocenters. The van der Waals surface area contributed by atoms with Gasteiger partial charge in [0, 0.05) is 25.7 Å². The van der Waals surface area contributed by atoms with Crippen molar-refractivity contribution in [2.24, 2.45) is 5.92 Å². The normalized spacial score (nSPS) is 14.8. The first-order chi connectivity index (χ1) is 12.5. The van der Waals surface area contributed by atoms with Crippen molar-refractivity contribution >= 4 is 17.7 Å². The number of rotatable bonds is 6. The highest BCUT2D eigenvalue weighted by atomic mass is 16.5. The Morgan fingerprint density at radius 1 is 1.12 bits per heavy atom. The first-order valence-corrected chi connectivity index (χ1v) is 9.00. The van der Waals surface area contributed by atoms with Crippen LogP contribution in [0.15, 0.2) is 30.3 Å². The molecule has 1 saturated heterocycles. The fourth-order valence-corrected chi connectivity index (χ4v) is 2.78. The molecular weight excluding hydrogens is 334 g/mol. The molecule has 0 bridgehead atoms. The maximum Gasteiger partial charge on any atom is 0.309 e. The third kappa shape index (κ3) is 6.38. The number of para-hydroxylation sites is 1. The van der Waals surface area contributed by atoms with E-state index in [0.29, 0.717) is 25.4 Å². The molecule has 2 N–H and O–H groups in total. The van der Waals surface area contributed by atoms with Gasteiger partial charge in [0.25, 0.3) is 5.91 Å². The Bertz CT molecular complexity index is 610. The second-order valence-electron chi connectivity index (χ2n) is 6.76. The Morgan fingerprint density at radius 3 is 2.38 bits per heavy atom. The zero-order valence-corrected chi connectivity index (χ0v) is 15.4. The molecule has 1 aromatic rings. The Hall–Kier alpha value is -2.57. The molecule has 142 valence electrons. The lowest BCUT2D eigenvalue weighted by atomic mass is 9.96. The highest BCUT2D eigenvalue weighted by Crippen LogP contribution is 2.17. The molecular formula is C19H27N3O4. The van der Waals surface area contributed by atoms with Gasteiger partial charge in [-0.1, -0.05) is 18.2 Å². The van der Waals surface area contributed by atoms with Gasteiger partial charge in [0.1, 0.15) is 5.75 Å². The summed E-state index contributed by atoms with van der Waals surface area (Å²) in [6.07, 6.45) is 1.59. The van der Waals surface area contributed by atoms with E-state index in [4.69, 9.17) is 4.74 Å². The second-order valence-corrected chi connectivity index (χ2v) is 6.76. The summed E-state index contributed by atoms with van der Waals surface area (Å²) in [7, 11) is 0. The van der Waals surface area contributed by atoms with Crippen LogP contribution < -0.4 is 15.4 Å². The van der Waals surface area contributed by atoms with Crippen LogP contribution in [0.2, 0.25) is 0 Å². The summed E-state index contributed by atoms with van der Waals surface area (Å²) in [6, 6.07) is 9.18. The first-order valence-electron chi connectivity index (χ1n) is 9.00. The number of carbonyl (C=O) groups is 3. The van der Waals surface area contributed by atoms with Crippen LogP contribution in [0.3, 0.4) is 0 Å². The van der Waals surface area contributed by atoms with Crippen LogP contribution in [-0.4, -0.2) is 54.9 Å². The van der Waals surface area contributed by atoms with Crippen LogP contribution in [-0.2, 0) is 14.4 Å². The molecule has 1 heterocycles. The summed E-state index contributed by atoms with van der Waals surface area (Å²) in [5, 5.41) is 5.23. The minimum atomic E-state index is -0.606. The number of benzene rings is 1. The molecule has 26 heavy (non-hydrogen) atoms.